The van der Waals surface area contributed by atoms with Gasteiger partial charge in [0.15, 0.2) is 0 Å². The standard InChI is InChI=1S/C19H19NO4S/c1-3-24-17-12-13-19(15-9-5-4-8-14(15)17)25(21,22)20-16-10-6-7-11-18(16)23-2/h4-13,20H,3H2,1-2H3. The van der Waals surface area contributed by atoms with Gasteiger partial charge in [0.1, 0.15) is 11.5 Å². The minimum atomic E-state index is -3.79. The number of nitrogens with one attached hydrogen (secondary N) is 1. The van der Waals surface area contributed by atoms with Gasteiger partial charge < -0.3 is 9.47 Å². The van der Waals surface area contributed by atoms with Crippen molar-refractivity contribution >= 4 is 26.5 Å². The van der Waals surface area contributed by atoms with E-state index < -0.39 is 10.0 Å². The van der Waals surface area contributed by atoms with Crippen molar-refractivity contribution in [2.75, 3.05) is 18.4 Å². The lowest BCUT2D eigenvalue weighted by molar-refractivity contribution is 0.344. The van der Waals surface area contributed by atoms with E-state index >= 15 is 0 Å². The highest BCUT2D eigenvalue weighted by molar-refractivity contribution is 7.93. The fourth-order valence-corrected chi connectivity index (χ4v) is 3.97. The monoisotopic (exact) mass is 357 g/mol. The zero-order chi connectivity index (χ0) is 17.9. The molecule has 0 aliphatic rings. The third-order valence-electron chi connectivity index (χ3n) is 3.78. The van der Waals surface area contributed by atoms with Crippen molar-refractivity contribution in [2.45, 2.75) is 11.8 Å². The maximum absolute atomic E-state index is 12.9. The van der Waals surface area contributed by atoms with Gasteiger partial charge in [-0.15, -0.1) is 0 Å². The molecule has 0 radical (unpaired) electrons. The van der Waals surface area contributed by atoms with Crippen molar-refractivity contribution in [3.05, 3.63) is 60.7 Å². The molecule has 0 bridgehead atoms. The van der Waals surface area contributed by atoms with Gasteiger partial charge in [0.25, 0.3) is 10.0 Å². The first kappa shape index (κ1) is 17.1. The fraction of sp³-hybridized carbons (Fsp3) is 0.158. The molecule has 0 amide bonds. The summed E-state index contributed by atoms with van der Waals surface area (Å²) in [7, 11) is -2.29. The molecule has 3 rings (SSSR count). The van der Waals surface area contributed by atoms with Gasteiger partial charge in [0.05, 0.1) is 24.3 Å². The fourth-order valence-electron chi connectivity index (χ4n) is 2.69. The molecule has 25 heavy (non-hydrogen) atoms. The first-order valence-electron chi connectivity index (χ1n) is 7.87. The number of rotatable bonds is 6. The van der Waals surface area contributed by atoms with E-state index in [0.717, 1.165) is 5.39 Å². The van der Waals surface area contributed by atoms with Crippen molar-refractivity contribution < 1.29 is 17.9 Å². The largest absolute Gasteiger partial charge is 0.495 e. The van der Waals surface area contributed by atoms with Crippen molar-refractivity contribution in [1.82, 2.24) is 0 Å². The number of methoxy groups -OCH3 is 1. The van der Waals surface area contributed by atoms with Gasteiger partial charge in [-0.1, -0.05) is 36.4 Å². The van der Waals surface area contributed by atoms with Gasteiger partial charge in [0.2, 0.25) is 0 Å². The Labute approximate surface area is 147 Å². The van der Waals surface area contributed by atoms with Crippen LogP contribution >= 0.6 is 0 Å². The number of anilines is 1. The molecule has 0 aliphatic heterocycles. The molecule has 130 valence electrons. The molecule has 0 saturated carbocycles. The van der Waals surface area contributed by atoms with Crippen LogP contribution in [0, 0.1) is 0 Å². The highest BCUT2D eigenvalue weighted by atomic mass is 32.2. The highest BCUT2D eigenvalue weighted by Crippen LogP contribution is 2.33. The summed E-state index contributed by atoms with van der Waals surface area (Å²) in [6.45, 7) is 2.40. The Balaban J connectivity index is 2.10. The molecule has 0 atom stereocenters. The minimum absolute atomic E-state index is 0.192. The van der Waals surface area contributed by atoms with Crippen LogP contribution in [0.3, 0.4) is 0 Å². The normalized spacial score (nSPS) is 11.3. The average molecular weight is 357 g/mol. The molecule has 0 aromatic heterocycles. The van der Waals surface area contributed by atoms with E-state index in [2.05, 4.69) is 4.72 Å². The van der Waals surface area contributed by atoms with Crippen molar-refractivity contribution in [3.8, 4) is 11.5 Å². The lowest BCUT2D eigenvalue weighted by Gasteiger charge is -2.14. The molecular formula is C19H19NO4S. The molecule has 0 fully saturated rings. The third-order valence-corrected chi connectivity index (χ3v) is 5.21. The first-order chi connectivity index (χ1) is 12.1. The van der Waals surface area contributed by atoms with Crippen LogP contribution < -0.4 is 14.2 Å². The molecule has 0 spiro atoms. The van der Waals surface area contributed by atoms with Gasteiger partial charge in [-0.2, -0.15) is 0 Å². The van der Waals surface area contributed by atoms with Gasteiger partial charge in [-0.05, 0) is 31.2 Å². The topological polar surface area (TPSA) is 64.6 Å². The average Bonchev–Trinajstić information content (AvgIpc) is 2.62. The molecule has 3 aromatic carbocycles. The Morgan fingerprint density at radius 2 is 1.56 bits per heavy atom. The number of benzene rings is 3. The van der Waals surface area contributed by atoms with Crippen LogP contribution in [0.15, 0.2) is 65.6 Å². The van der Waals surface area contributed by atoms with Crippen molar-refractivity contribution in [3.63, 3.8) is 0 Å². The van der Waals surface area contributed by atoms with Crippen LogP contribution in [0.2, 0.25) is 0 Å². The Morgan fingerprint density at radius 3 is 2.28 bits per heavy atom. The van der Waals surface area contributed by atoms with Gasteiger partial charge in [-0.25, -0.2) is 8.42 Å². The zero-order valence-electron chi connectivity index (χ0n) is 14.0. The van der Waals surface area contributed by atoms with E-state index in [1.54, 1.807) is 48.5 Å². The molecule has 0 saturated heterocycles. The van der Waals surface area contributed by atoms with Crippen LogP contribution in [0.4, 0.5) is 5.69 Å². The molecule has 1 N–H and O–H groups in total. The Hall–Kier alpha value is -2.73. The van der Waals surface area contributed by atoms with E-state index in [0.29, 0.717) is 29.2 Å². The quantitative estimate of drug-likeness (QED) is 0.723. The summed E-state index contributed by atoms with van der Waals surface area (Å²) in [5.41, 5.74) is 0.392. The number of hydrogen-bond donors (Lipinski definition) is 1. The van der Waals surface area contributed by atoms with Crippen LogP contribution in [-0.2, 0) is 10.0 Å². The van der Waals surface area contributed by atoms with E-state index in [9.17, 15) is 8.42 Å². The maximum atomic E-state index is 12.9. The molecule has 5 nitrogen and oxygen atoms in total. The van der Waals surface area contributed by atoms with E-state index in [-0.39, 0.29) is 4.90 Å². The second-order valence-electron chi connectivity index (χ2n) is 5.35. The maximum Gasteiger partial charge on any atom is 0.262 e. The Kier molecular flexibility index (Phi) is 4.81. The second-order valence-corrected chi connectivity index (χ2v) is 7.00. The summed E-state index contributed by atoms with van der Waals surface area (Å²) in [6, 6.07) is 17.4. The van der Waals surface area contributed by atoms with Crippen LogP contribution in [-0.4, -0.2) is 22.1 Å². The third kappa shape index (κ3) is 3.39. The predicted molar refractivity (Wildman–Crippen MR) is 98.9 cm³/mol. The van der Waals surface area contributed by atoms with E-state index in [4.69, 9.17) is 9.47 Å². The summed E-state index contributed by atoms with van der Waals surface area (Å²) in [5.74, 6) is 1.12. The number of fused-ring (bicyclic) bond motifs is 1. The molecule has 0 unspecified atom stereocenters. The van der Waals surface area contributed by atoms with Crippen LogP contribution in [0.1, 0.15) is 6.92 Å². The molecule has 6 heteroatoms. The lowest BCUT2D eigenvalue weighted by Crippen LogP contribution is -2.14. The summed E-state index contributed by atoms with van der Waals surface area (Å²) in [4.78, 5) is 0.192. The molecule has 3 aromatic rings. The van der Waals surface area contributed by atoms with Gasteiger partial charge in [0, 0.05) is 10.8 Å². The van der Waals surface area contributed by atoms with E-state index in [1.165, 1.54) is 7.11 Å². The zero-order valence-corrected chi connectivity index (χ0v) is 14.8. The Bertz CT molecular complexity index is 999. The first-order valence-corrected chi connectivity index (χ1v) is 9.35. The number of para-hydroxylation sites is 2. The molecular weight excluding hydrogens is 338 g/mol. The Morgan fingerprint density at radius 1 is 0.880 bits per heavy atom. The number of hydrogen-bond acceptors (Lipinski definition) is 4. The van der Waals surface area contributed by atoms with Gasteiger partial charge >= 0.3 is 0 Å². The summed E-state index contributed by atoms with van der Waals surface area (Å²) in [6.07, 6.45) is 0. The van der Waals surface area contributed by atoms with Crippen LogP contribution in [0.25, 0.3) is 10.8 Å². The smallest absolute Gasteiger partial charge is 0.262 e. The highest BCUT2D eigenvalue weighted by Gasteiger charge is 2.20. The number of ether oxygens (including phenoxy) is 2. The lowest BCUT2D eigenvalue weighted by atomic mass is 10.1. The predicted octanol–water partition coefficient (Wildman–Crippen LogP) is 4.05. The second kappa shape index (κ2) is 7.03. The molecule has 0 aliphatic carbocycles. The number of sulfonamides is 1. The van der Waals surface area contributed by atoms with Crippen molar-refractivity contribution in [1.29, 1.82) is 0 Å². The SMILES string of the molecule is CCOc1ccc(S(=O)(=O)Nc2ccccc2OC)c2ccccc12. The van der Waals surface area contributed by atoms with Crippen LogP contribution in [0.5, 0.6) is 11.5 Å². The summed E-state index contributed by atoms with van der Waals surface area (Å²) < 4.78 is 39.3. The van der Waals surface area contributed by atoms with Gasteiger partial charge in [-0.3, -0.25) is 4.72 Å². The summed E-state index contributed by atoms with van der Waals surface area (Å²) >= 11 is 0. The van der Waals surface area contributed by atoms with Crippen molar-refractivity contribution in [2.24, 2.45) is 0 Å². The minimum Gasteiger partial charge on any atom is -0.495 e. The molecule has 0 heterocycles. The van der Waals surface area contributed by atoms with E-state index in [1.807, 2.05) is 19.1 Å². The summed E-state index contributed by atoms with van der Waals surface area (Å²) in [5, 5.41) is 1.36.